The van der Waals surface area contributed by atoms with E-state index in [0.29, 0.717) is 17.3 Å². The van der Waals surface area contributed by atoms with Crippen LogP contribution in [0.1, 0.15) is 17.3 Å². The Kier molecular flexibility index (Phi) is 5.34. The molecule has 0 aliphatic carbocycles. The van der Waals surface area contributed by atoms with Crippen molar-refractivity contribution in [3.05, 3.63) is 23.8 Å². The van der Waals surface area contributed by atoms with Gasteiger partial charge in [-0.15, -0.1) is 0 Å². The average molecular weight is 267 g/mol. The molecular weight excluding hydrogens is 246 g/mol. The summed E-state index contributed by atoms with van der Waals surface area (Å²) in [7, 11) is 3.45. The Bertz CT molecular complexity index is 421. The minimum Gasteiger partial charge on any atom is -0.397 e. The van der Waals surface area contributed by atoms with Crippen LogP contribution in [-0.2, 0) is 0 Å². The molecule has 1 atom stereocenters. The molecule has 4 nitrogen and oxygen atoms in total. The molecule has 0 heterocycles. The number of carbonyl (C=O) groups excluding carboxylic acids is 1. The van der Waals surface area contributed by atoms with Gasteiger partial charge in [0.15, 0.2) is 0 Å². The minimum absolute atomic E-state index is 0.0367. The Hall–Kier alpha value is -1.36. The van der Waals surface area contributed by atoms with Gasteiger partial charge in [0.1, 0.15) is 0 Å². The van der Waals surface area contributed by atoms with E-state index in [2.05, 4.69) is 18.5 Å². The van der Waals surface area contributed by atoms with Crippen LogP contribution in [0.15, 0.2) is 18.2 Å². The molecule has 0 saturated heterocycles. The Morgan fingerprint density at radius 3 is 2.67 bits per heavy atom. The number of amides is 1. The Morgan fingerprint density at radius 1 is 1.50 bits per heavy atom. The zero-order chi connectivity index (χ0) is 13.7. The van der Waals surface area contributed by atoms with Crippen molar-refractivity contribution in [2.75, 3.05) is 37.2 Å². The van der Waals surface area contributed by atoms with Crippen LogP contribution in [0, 0.1) is 0 Å². The predicted molar refractivity (Wildman–Crippen MR) is 80.3 cm³/mol. The topological polar surface area (TPSA) is 58.4 Å². The zero-order valence-electron chi connectivity index (χ0n) is 11.4. The summed E-state index contributed by atoms with van der Waals surface area (Å²) in [6.07, 6.45) is 2.07. The highest BCUT2D eigenvalue weighted by Crippen LogP contribution is 2.21. The summed E-state index contributed by atoms with van der Waals surface area (Å²) < 4.78 is 0. The molecule has 0 aromatic heterocycles. The van der Waals surface area contributed by atoms with Gasteiger partial charge in [-0.1, -0.05) is 0 Å². The highest BCUT2D eigenvalue weighted by atomic mass is 32.2. The molecule has 0 bridgehead atoms. The van der Waals surface area contributed by atoms with Crippen molar-refractivity contribution >= 4 is 29.0 Å². The third kappa shape index (κ3) is 3.84. The number of nitrogens with zero attached hydrogens (tertiary/aromatic N) is 1. The molecule has 1 aromatic rings. The number of nitrogen functional groups attached to an aromatic ring is 1. The molecule has 0 aliphatic heterocycles. The van der Waals surface area contributed by atoms with E-state index >= 15 is 0 Å². The average Bonchev–Trinajstić information content (AvgIpc) is 2.31. The van der Waals surface area contributed by atoms with E-state index in [1.807, 2.05) is 6.07 Å². The number of thioether (sulfide) groups is 1. The van der Waals surface area contributed by atoms with Crippen molar-refractivity contribution < 1.29 is 4.79 Å². The number of anilines is 2. The molecular formula is C13H21N3OS. The minimum atomic E-state index is -0.0367. The van der Waals surface area contributed by atoms with E-state index in [4.69, 9.17) is 5.73 Å². The van der Waals surface area contributed by atoms with E-state index in [0.717, 1.165) is 11.4 Å². The maximum atomic E-state index is 11.8. The fourth-order valence-electron chi connectivity index (χ4n) is 1.64. The van der Waals surface area contributed by atoms with Crippen molar-refractivity contribution in [1.29, 1.82) is 0 Å². The second-order valence-corrected chi connectivity index (χ2v) is 5.41. The Labute approximate surface area is 113 Å². The summed E-state index contributed by atoms with van der Waals surface area (Å²) in [6, 6.07) is 5.73. The molecule has 1 amide bonds. The Morgan fingerprint density at radius 2 is 2.17 bits per heavy atom. The first-order valence-corrected chi connectivity index (χ1v) is 7.21. The lowest BCUT2D eigenvalue weighted by atomic mass is 10.1. The SMILES string of the molecule is CSCC(C)Nc1ccc(C(=O)N(C)C)cc1N. The smallest absolute Gasteiger partial charge is 0.253 e. The van der Waals surface area contributed by atoms with Crippen molar-refractivity contribution in [3.8, 4) is 0 Å². The van der Waals surface area contributed by atoms with Crippen LogP contribution >= 0.6 is 11.8 Å². The molecule has 3 N–H and O–H groups in total. The number of hydrogen-bond acceptors (Lipinski definition) is 4. The van der Waals surface area contributed by atoms with Gasteiger partial charge in [-0.25, -0.2) is 0 Å². The fourth-order valence-corrected chi connectivity index (χ4v) is 2.23. The van der Waals surface area contributed by atoms with Gasteiger partial charge in [0.2, 0.25) is 0 Å². The van der Waals surface area contributed by atoms with Gasteiger partial charge in [-0.3, -0.25) is 4.79 Å². The molecule has 100 valence electrons. The van der Waals surface area contributed by atoms with Gasteiger partial charge in [0.05, 0.1) is 11.4 Å². The standard InChI is InChI=1S/C13H21N3OS/c1-9(8-18-4)15-12-6-5-10(7-11(12)14)13(17)16(2)3/h5-7,9,15H,8,14H2,1-4H3. The van der Waals surface area contributed by atoms with E-state index in [1.54, 1.807) is 38.0 Å². The molecule has 0 radical (unpaired) electrons. The summed E-state index contributed by atoms with van der Waals surface area (Å²) in [5, 5.41) is 3.34. The first-order chi connectivity index (χ1) is 8.45. The van der Waals surface area contributed by atoms with Crippen LogP contribution in [0.3, 0.4) is 0 Å². The predicted octanol–water partition coefficient (Wildman–Crippen LogP) is 2.13. The second kappa shape index (κ2) is 6.54. The molecule has 0 saturated carbocycles. The summed E-state index contributed by atoms with van der Waals surface area (Å²) >= 11 is 1.78. The quantitative estimate of drug-likeness (QED) is 0.802. The molecule has 5 heteroatoms. The summed E-state index contributed by atoms with van der Waals surface area (Å²) in [5.74, 6) is 0.975. The third-order valence-electron chi connectivity index (χ3n) is 2.52. The Balaban J connectivity index is 2.83. The van der Waals surface area contributed by atoms with Crippen LogP contribution in [0.5, 0.6) is 0 Å². The molecule has 18 heavy (non-hydrogen) atoms. The number of nitrogens with two attached hydrogens (primary N) is 1. The highest BCUT2D eigenvalue weighted by molar-refractivity contribution is 7.98. The third-order valence-corrected chi connectivity index (χ3v) is 3.36. The van der Waals surface area contributed by atoms with Gasteiger partial charge >= 0.3 is 0 Å². The lowest BCUT2D eigenvalue weighted by molar-refractivity contribution is 0.0827. The lowest BCUT2D eigenvalue weighted by Crippen LogP contribution is -2.22. The van der Waals surface area contributed by atoms with Crippen LogP contribution in [0.25, 0.3) is 0 Å². The highest BCUT2D eigenvalue weighted by Gasteiger charge is 2.10. The number of benzene rings is 1. The summed E-state index contributed by atoms with van der Waals surface area (Å²) in [5.41, 5.74) is 8.06. The molecule has 0 fully saturated rings. The van der Waals surface area contributed by atoms with Crippen LogP contribution < -0.4 is 11.1 Å². The molecule has 1 rings (SSSR count). The van der Waals surface area contributed by atoms with Gasteiger partial charge in [-0.05, 0) is 31.4 Å². The van der Waals surface area contributed by atoms with E-state index in [9.17, 15) is 4.79 Å². The van der Waals surface area contributed by atoms with Gasteiger partial charge < -0.3 is 16.0 Å². The summed E-state index contributed by atoms with van der Waals surface area (Å²) in [4.78, 5) is 13.3. The number of carbonyl (C=O) groups is 1. The fraction of sp³-hybridized carbons (Fsp3) is 0.462. The van der Waals surface area contributed by atoms with Crippen molar-refractivity contribution in [2.24, 2.45) is 0 Å². The second-order valence-electron chi connectivity index (χ2n) is 4.50. The van der Waals surface area contributed by atoms with Crippen LogP contribution in [0.2, 0.25) is 0 Å². The first kappa shape index (κ1) is 14.7. The molecule has 0 aliphatic rings. The summed E-state index contributed by atoms with van der Waals surface area (Å²) in [6.45, 7) is 2.11. The van der Waals surface area contributed by atoms with Crippen molar-refractivity contribution in [2.45, 2.75) is 13.0 Å². The van der Waals surface area contributed by atoms with E-state index < -0.39 is 0 Å². The molecule has 0 spiro atoms. The number of rotatable bonds is 5. The van der Waals surface area contributed by atoms with E-state index in [-0.39, 0.29) is 5.91 Å². The van der Waals surface area contributed by atoms with Crippen LogP contribution in [-0.4, -0.2) is 43.0 Å². The maximum Gasteiger partial charge on any atom is 0.253 e. The monoisotopic (exact) mass is 267 g/mol. The normalized spacial score (nSPS) is 12.0. The van der Waals surface area contributed by atoms with Crippen molar-refractivity contribution in [1.82, 2.24) is 4.90 Å². The first-order valence-electron chi connectivity index (χ1n) is 5.82. The van der Waals surface area contributed by atoms with Gasteiger partial charge in [0.25, 0.3) is 5.91 Å². The zero-order valence-corrected chi connectivity index (χ0v) is 12.2. The van der Waals surface area contributed by atoms with Crippen molar-refractivity contribution in [3.63, 3.8) is 0 Å². The number of hydrogen-bond donors (Lipinski definition) is 2. The van der Waals surface area contributed by atoms with E-state index in [1.165, 1.54) is 4.90 Å². The lowest BCUT2D eigenvalue weighted by Gasteiger charge is -2.17. The molecule has 1 aromatic carbocycles. The number of nitrogens with one attached hydrogen (secondary N) is 1. The largest absolute Gasteiger partial charge is 0.397 e. The van der Waals surface area contributed by atoms with Crippen LogP contribution in [0.4, 0.5) is 11.4 Å². The maximum absolute atomic E-state index is 11.8. The molecule has 1 unspecified atom stereocenters. The van der Waals surface area contributed by atoms with Gasteiger partial charge in [-0.2, -0.15) is 11.8 Å². The van der Waals surface area contributed by atoms with Gasteiger partial charge in [0, 0.05) is 31.5 Å².